The first-order valence-electron chi connectivity index (χ1n) is 9.44. The van der Waals surface area contributed by atoms with Gasteiger partial charge >= 0.3 is 0 Å². The predicted octanol–water partition coefficient (Wildman–Crippen LogP) is 4.52. The summed E-state index contributed by atoms with van der Waals surface area (Å²) in [6.45, 7) is 9.25. The fourth-order valence-electron chi connectivity index (χ4n) is 3.64. The molecule has 0 fully saturated rings. The molecule has 2 heterocycles. The van der Waals surface area contributed by atoms with Crippen LogP contribution in [0.25, 0.3) is 28.0 Å². The highest BCUT2D eigenvalue weighted by molar-refractivity contribution is 5.99. The smallest absolute Gasteiger partial charge is 0.204 e. The molecule has 0 saturated heterocycles. The average molecular weight is 410 g/mol. The van der Waals surface area contributed by atoms with Crippen molar-refractivity contribution in [3.8, 4) is 17.2 Å². The Labute approximate surface area is 172 Å². The minimum atomic E-state index is -0.778. The molecule has 7 nitrogen and oxygen atoms in total. The molecule has 7 heteroatoms. The second-order valence-electron chi connectivity index (χ2n) is 8.07. The molecular weight excluding hydrogens is 388 g/mol. The maximum atomic E-state index is 13.2. The number of hydrogen-bond donors (Lipinski definition) is 3. The minimum absolute atomic E-state index is 0.0341. The van der Waals surface area contributed by atoms with Crippen molar-refractivity contribution in [2.24, 2.45) is 0 Å². The Hall–Kier alpha value is -3.29. The third-order valence-corrected chi connectivity index (χ3v) is 5.24. The second kappa shape index (κ2) is 6.90. The van der Waals surface area contributed by atoms with Crippen LogP contribution in [0, 0.1) is 0 Å². The van der Waals surface area contributed by atoms with Crippen LogP contribution in [0.4, 0.5) is 0 Å². The molecule has 1 aliphatic rings. The van der Waals surface area contributed by atoms with E-state index in [1.165, 1.54) is 18.2 Å². The van der Waals surface area contributed by atoms with Crippen molar-refractivity contribution in [3.63, 3.8) is 0 Å². The molecule has 0 radical (unpaired) electrons. The molecule has 0 aliphatic carbocycles. The highest BCUT2D eigenvalue weighted by Gasteiger charge is 2.32. The van der Waals surface area contributed by atoms with E-state index in [4.69, 9.17) is 9.15 Å². The zero-order chi connectivity index (χ0) is 21.8. The molecule has 3 aromatic rings. The molecule has 1 aliphatic heterocycles. The summed E-state index contributed by atoms with van der Waals surface area (Å²) in [5.74, 6) is -0.0174. The maximum Gasteiger partial charge on any atom is 0.204 e. The Morgan fingerprint density at radius 2 is 2.03 bits per heavy atom. The SMILES string of the molecule is C=C(C)[C@H](Cc1c2c(c(O)c3c(=O)c4cc(O)ccc4oc13)C=CC(C)(C)O2)OO. The summed E-state index contributed by atoms with van der Waals surface area (Å²) in [6.07, 6.45) is 2.79. The Bertz CT molecular complexity index is 1280. The standard InChI is InChI=1S/C23H22O7/c1-11(2)17(30-27)10-15-21-13(7-8-23(3,4)29-21)19(25)18-20(26)14-9-12(24)5-6-16(14)28-22(15)18/h5-9,17,24-25,27H,1,10H2,2-4H3/t17-/m0/s1. The van der Waals surface area contributed by atoms with E-state index < -0.39 is 17.1 Å². The van der Waals surface area contributed by atoms with Gasteiger partial charge in [-0.05, 0) is 56.7 Å². The summed E-state index contributed by atoms with van der Waals surface area (Å²) in [7, 11) is 0. The van der Waals surface area contributed by atoms with Gasteiger partial charge in [-0.15, -0.1) is 0 Å². The Morgan fingerprint density at radius 1 is 1.30 bits per heavy atom. The number of rotatable bonds is 4. The van der Waals surface area contributed by atoms with Crippen LogP contribution in [-0.4, -0.2) is 27.2 Å². The van der Waals surface area contributed by atoms with Gasteiger partial charge in [-0.3, -0.25) is 10.1 Å². The average Bonchev–Trinajstić information content (AvgIpc) is 2.67. The van der Waals surface area contributed by atoms with Gasteiger partial charge in [-0.25, -0.2) is 4.89 Å². The van der Waals surface area contributed by atoms with E-state index in [1.54, 1.807) is 19.1 Å². The molecule has 0 bridgehead atoms. The summed E-state index contributed by atoms with van der Waals surface area (Å²) in [5, 5.41) is 30.2. The maximum absolute atomic E-state index is 13.2. The first-order chi connectivity index (χ1) is 14.1. The summed E-state index contributed by atoms with van der Waals surface area (Å²) >= 11 is 0. The number of benzene rings is 2. The van der Waals surface area contributed by atoms with Crippen LogP contribution in [-0.2, 0) is 11.3 Å². The molecule has 4 rings (SSSR count). The van der Waals surface area contributed by atoms with Crippen molar-refractivity contribution in [2.45, 2.75) is 38.9 Å². The number of hydrogen-bond acceptors (Lipinski definition) is 7. The number of aromatic hydroxyl groups is 2. The van der Waals surface area contributed by atoms with Crippen molar-refractivity contribution >= 4 is 28.0 Å². The van der Waals surface area contributed by atoms with Crippen LogP contribution in [0.3, 0.4) is 0 Å². The minimum Gasteiger partial charge on any atom is -0.508 e. The van der Waals surface area contributed by atoms with Gasteiger partial charge in [0.15, 0.2) is 0 Å². The van der Waals surface area contributed by atoms with Gasteiger partial charge in [0.05, 0.1) is 10.9 Å². The normalized spacial score (nSPS) is 15.7. The lowest BCUT2D eigenvalue weighted by Gasteiger charge is -2.31. The van der Waals surface area contributed by atoms with Crippen LogP contribution >= 0.6 is 0 Å². The van der Waals surface area contributed by atoms with Gasteiger partial charge in [0.25, 0.3) is 0 Å². The third-order valence-electron chi connectivity index (χ3n) is 5.24. The number of ether oxygens (including phenoxy) is 1. The van der Waals surface area contributed by atoms with Gasteiger partial charge in [-0.2, -0.15) is 0 Å². The Kier molecular flexibility index (Phi) is 4.60. The zero-order valence-corrected chi connectivity index (χ0v) is 16.9. The zero-order valence-electron chi connectivity index (χ0n) is 16.9. The van der Waals surface area contributed by atoms with Crippen LogP contribution in [0.15, 0.2) is 45.6 Å². The van der Waals surface area contributed by atoms with E-state index in [9.17, 15) is 20.3 Å². The summed E-state index contributed by atoms with van der Waals surface area (Å²) in [5.41, 5.74) is 0.581. The fourth-order valence-corrected chi connectivity index (χ4v) is 3.64. The molecule has 156 valence electrons. The van der Waals surface area contributed by atoms with Gasteiger partial charge < -0.3 is 19.4 Å². The monoisotopic (exact) mass is 410 g/mol. The van der Waals surface area contributed by atoms with Crippen LogP contribution < -0.4 is 10.2 Å². The second-order valence-corrected chi connectivity index (χ2v) is 8.07. The lowest BCUT2D eigenvalue weighted by atomic mass is 9.92. The Morgan fingerprint density at radius 3 is 2.70 bits per heavy atom. The number of phenols is 2. The van der Waals surface area contributed by atoms with E-state index in [2.05, 4.69) is 11.5 Å². The van der Waals surface area contributed by atoms with E-state index in [-0.39, 0.29) is 39.9 Å². The van der Waals surface area contributed by atoms with Crippen LogP contribution in [0.1, 0.15) is 31.9 Å². The molecule has 1 aromatic heterocycles. The first-order valence-corrected chi connectivity index (χ1v) is 9.44. The summed E-state index contributed by atoms with van der Waals surface area (Å²) in [4.78, 5) is 17.8. The largest absolute Gasteiger partial charge is 0.508 e. The first kappa shape index (κ1) is 20.0. The van der Waals surface area contributed by atoms with Gasteiger partial charge in [0.2, 0.25) is 5.43 Å². The van der Waals surface area contributed by atoms with Crippen molar-refractivity contribution in [1.82, 2.24) is 0 Å². The van der Waals surface area contributed by atoms with E-state index in [1.807, 2.05) is 13.8 Å². The van der Waals surface area contributed by atoms with E-state index in [0.29, 0.717) is 22.4 Å². The molecule has 30 heavy (non-hydrogen) atoms. The van der Waals surface area contributed by atoms with Crippen LogP contribution in [0.2, 0.25) is 0 Å². The van der Waals surface area contributed by atoms with Crippen molar-refractivity contribution in [3.05, 3.63) is 57.8 Å². The molecule has 2 aromatic carbocycles. The number of fused-ring (bicyclic) bond motifs is 3. The number of phenolic OH excluding ortho intramolecular Hbond substituents is 2. The van der Waals surface area contributed by atoms with Gasteiger partial charge in [0, 0.05) is 12.0 Å². The highest BCUT2D eigenvalue weighted by Crippen LogP contribution is 2.45. The van der Waals surface area contributed by atoms with Crippen molar-refractivity contribution in [1.29, 1.82) is 0 Å². The quantitative estimate of drug-likeness (QED) is 0.251. The molecule has 0 saturated carbocycles. The van der Waals surface area contributed by atoms with Crippen molar-refractivity contribution < 1.29 is 29.5 Å². The fraction of sp³-hybridized carbons (Fsp3) is 0.261. The van der Waals surface area contributed by atoms with Gasteiger partial charge in [0.1, 0.15) is 45.5 Å². The molecule has 0 amide bonds. The lowest BCUT2D eigenvalue weighted by Crippen LogP contribution is -2.29. The summed E-state index contributed by atoms with van der Waals surface area (Å²) in [6, 6.07) is 4.18. The molecule has 0 unspecified atom stereocenters. The highest BCUT2D eigenvalue weighted by atomic mass is 17.1. The molecule has 0 spiro atoms. The molecule has 3 N–H and O–H groups in total. The molecular formula is C23H22O7. The summed E-state index contributed by atoms with van der Waals surface area (Å²) < 4.78 is 12.1. The van der Waals surface area contributed by atoms with Crippen molar-refractivity contribution in [2.75, 3.05) is 0 Å². The lowest BCUT2D eigenvalue weighted by molar-refractivity contribution is -0.268. The molecule has 1 atom stereocenters. The Balaban J connectivity index is 2.15. The topological polar surface area (TPSA) is 109 Å². The van der Waals surface area contributed by atoms with E-state index >= 15 is 0 Å². The predicted molar refractivity (Wildman–Crippen MR) is 113 cm³/mol. The van der Waals surface area contributed by atoms with Gasteiger partial charge in [-0.1, -0.05) is 6.58 Å². The van der Waals surface area contributed by atoms with E-state index in [0.717, 1.165) is 0 Å². The van der Waals surface area contributed by atoms with Crippen LogP contribution in [0.5, 0.6) is 17.2 Å². The third kappa shape index (κ3) is 3.12.